The molecule has 1 aliphatic heterocycles. The van der Waals surface area contributed by atoms with Gasteiger partial charge in [-0.1, -0.05) is 6.07 Å². The van der Waals surface area contributed by atoms with Crippen LogP contribution < -0.4 is 4.90 Å². The molecule has 1 aliphatic carbocycles. The van der Waals surface area contributed by atoms with Crippen LogP contribution in [-0.2, 0) is 0 Å². The first-order valence-corrected chi connectivity index (χ1v) is 8.04. The average molecular weight is 342 g/mol. The quantitative estimate of drug-likeness (QED) is 0.501. The number of pyridine rings is 1. The summed E-state index contributed by atoms with van der Waals surface area (Å²) in [5.74, 6) is -1.39. The molecule has 3 aromatic rings. The number of rotatable bonds is 1. The molecule has 0 unspecified atom stereocenters. The third kappa shape index (κ3) is 1.73. The third-order valence-electron chi connectivity index (χ3n) is 4.83. The van der Waals surface area contributed by atoms with Crippen LogP contribution >= 0.6 is 0 Å². The van der Waals surface area contributed by atoms with Crippen molar-refractivity contribution in [2.45, 2.75) is 6.42 Å². The van der Waals surface area contributed by atoms with Crippen LogP contribution in [0.2, 0.25) is 0 Å². The fourth-order valence-electron chi connectivity index (χ4n) is 3.68. The first-order chi connectivity index (χ1) is 12.6. The lowest BCUT2D eigenvalue weighted by Crippen LogP contribution is -2.41. The van der Waals surface area contributed by atoms with Gasteiger partial charge in [-0.3, -0.25) is 19.2 Å². The van der Waals surface area contributed by atoms with E-state index in [9.17, 15) is 19.2 Å². The summed E-state index contributed by atoms with van der Waals surface area (Å²) in [6.07, 6.45) is 1.31. The van der Waals surface area contributed by atoms with Crippen LogP contribution in [-0.4, -0.2) is 28.4 Å². The van der Waals surface area contributed by atoms with E-state index >= 15 is 0 Å². The number of anilines is 1. The third-order valence-corrected chi connectivity index (χ3v) is 4.83. The maximum absolute atomic E-state index is 13.0. The van der Waals surface area contributed by atoms with Gasteiger partial charge >= 0.3 is 0 Å². The van der Waals surface area contributed by atoms with Crippen molar-refractivity contribution in [1.29, 1.82) is 0 Å². The molecule has 0 atom stereocenters. The minimum atomic E-state index is -0.518. The lowest BCUT2D eigenvalue weighted by molar-refractivity contribution is 0.0870. The van der Waals surface area contributed by atoms with E-state index in [1.54, 1.807) is 42.5 Å². The molecule has 2 aliphatic rings. The van der Waals surface area contributed by atoms with Crippen LogP contribution in [0.1, 0.15) is 47.9 Å². The van der Waals surface area contributed by atoms with E-state index in [0.717, 1.165) is 4.90 Å². The second-order valence-electron chi connectivity index (χ2n) is 6.23. The molecule has 6 heteroatoms. The number of benzene rings is 2. The van der Waals surface area contributed by atoms with Crippen molar-refractivity contribution in [3.05, 3.63) is 70.9 Å². The van der Waals surface area contributed by atoms with Crippen molar-refractivity contribution in [3.8, 4) is 0 Å². The number of carbonyl (C=O) groups excluding carboxylic acids is 4. The van der Waals surface area contributed by atoms with Crippen molar-refractivity contribution < 1.29 is 19.2 Å². The van der Waals surface area contributed by atoms with Gasteiger partial charge in [-0.2, -0.15) is 0 Å². The number of carbonyl (C=O) groups is 4. The molecule has 0 fully saturated rings. The summed E-state index contributed by atoms with van der Waals surface area (Å²) in [7, 11) is 0. The Bertz CT molecular complexity index is 1110. The summed E-state index contributed by atoms with van der Waals surface area (Å²) < 4.78 is 0. The van der Waals surface area contributed by atoms with E-state index in [1.165, 1.54) is 6.20 Å². The second kappa shape index (κ2) is 4.92. The van der Waals surface area contributed by atoms with Crippen molar-refractivity contribution in [3.63, 3.8) is 0 Å². The highest BCUT2D eigenvalue weighted by molar-refractivity contribution is 6.39. The Labute approximate surface area is 147 Å². The van der Waals surface area contributed by atoms with Gasteiger partial charge in [0.1, 0.15) is 5.82 Å². The molecule has 2 heterocycles. The number of Topliss-reactive ketones (excluding diaryl/α,β-unsaturated/α-hetero) is 2. The SMILES string of the molecule is O=C1CC(=O)c2ccc3c4c(ccc1c24)C(=O)N(c1ccccn1)C3=O. The topological polar surface area (TPSA) is 84.4 Å². The summed E-state index contributed by atoms with van der Waals surface area (Å²) in [5.41, 5.74) is 1.33. The molecule has 0 spiro atoms. The molecule has 0 radical (unpaired) electrons. The van der Waals surface area contributed by atoms with E-state index in [-0.39, 0.29) is 34.9 Å². The highest BCUT2D eigenvalue weighted by atomic mass is 16.2. The molecule has 1 aromatic heterocycles. The Morgan fingerprint density at radius 2 is 1.23 bits per heavy atom. The number of hydrogen-bond acceptors (Lipinski definition) is 5. The number of imide groups is 1. The number of ketones is 2. The van der Waals surface area contributed by atoms with Gasteiger partial charge in [0.05, 0.1) is 6.42 Å². The van der Waals surface area contributed by atoms with Gasteiger partial charge in [0.2, 0.25) is 0 Å². The fourth-order valence-corrected chi connectivity index (χ4v) is 3.68. The van der Waals surface area contributed by atoms with Gasteiger partial charge in [0.15, 0.2) is 11.6 Å². The molecule has 0 saturated heterocycles. The molecule has 124 valence electrons. The van der Waals surface area contributed by atoms with E-state index in [2.05, 4.69) is 4.98 Å². The van der Waals surface area contributed by atoms with Crippen molar-refractivity contribution in [2.75, 3.05) is 4.90 Å². The monoisotopic (exact) mass is 342 g/mol. The minimum Gasteiger partial charge on any atom is -0.294 e. The Kier molecular flexibility index (Phi) is 2.77. The van der Waals surface area contributed by atoms with Gasteiger partial charge in [0, 0.05) is 39.2 Å². The molecule has 5 rings (SSSR count). The molecule has 0 saturated carbocycles. The van der Waals surface area contributed by atoms with Gasteiger partial charge in [0.25, 0.3) is 11.8 Å². The molecule has 2 aromatic carbocycles. The van der Waals surface area contributed by atoms with Gasteiger partial charge in [-0.15, -0.1) is 0 Å². The molecule has 6 nitrogen and oxygen atoms in total. The summed E-state index contributed by atoms with van der Waals surface area (Å²) in [4.78, 5) is 55.6. The number of hydrogen-bond donors (Lipinski definition) is 0. The zero-order valence-electron chi connectivity index (χ0n) is 13.4. The lowest BCUT2D eigenvalue weighted by Gasteiger charge is -2.28. The summed E-state index contributed by atoms with van der Waals surface area (Å²) >= 11 is 0. The van der Waals surface area contributed by atoms with Crippen molar-refractivity contribution in [2.24, 2.45) is 0 Å². The van der Waals surface area contributed by atoms with Crippen molar-refractivity contribution in [1.82, 2.24) is 4.98 Å². The number of aromatic nitrogens is 1. The molecular formula is C20H10N2O4. The predicted octanol–water partition coefficient (Wildman–Crippen LogP) is 2.80. The molecule has 0 bridgehead atoms. The van der Waals surface area contributed by atoms with Crippen LogP contribution in [0.3, 0.4) is 0 Å². The van der Waals surface area contributed by atoms with Gasteiger partial charge < -0.3 is 0 Å². The standard InChI is InChI=1S/C20H10N2O4/c23-14-9-15(24)11-5-7-13-18-12(6-4-10(14)17(11)18)19(25)22(20(13)26)16-3-1-2-8-21-16/h1-8H,9H2. The normalized spacial score (nSPS) is 15.8. The van der Waals surface area contributed by atoms with Crippen molar-refractivity contribution >= 4 is 40.0 Å². The van der Waals surface area contributed by atoms with Crippen LogP contribution in [0, 0.1) is 0 Å². The van der Waals surface area contributed by atoms with Crippen LogP contribution in [0.4, 0.5) is 5.82 Å². The maximum Gasteiger partial charge on any atom is 0.267 e. The zero-order chi connectivity index (χ0) is 18.0. The minimum absolute atomic E-state index is 0.192. The molecule has 2 amide bonds. The number of nitrogens with zero attached hydrogens (tertiary/aromatic N) is 2. The van der Waals surface area contributed by atoms with Gasteiger partial charge in [-0.05, 0) is 36.4 Å². The van der Waals surface area contributed by atoms with Gasteiger partial charge in [-0.25, -0.2) is 9.88 Å². The molecule has 0 N–H and O–H groups in total. The zero-order valence-corrected chi connectivity index (χ0v) is 13.4. The highest BCUT2D eigenvalue weighted by Gasteiger charge is 2.38. The Hall–Kier alpha value is -3.67. The Morgan fingerprint density at radius 3 is 1.77 bits per heavy atom. The largest absolute Gasteiger partial charge is 0.294 e. The Morgan fingerprint density at radius 1 is 0.692 bits per heavy atom. The highest BCUT2D eigenvalue weighted by Crippen LogP contribution is 2.38. The van der Waals surface area contributed by atoms with Crippen LogP contribution in [0.25, 0.3) is 10.8 Å². The van der Waals surface area contributed by atoms with Crippen LogP contribution in [0.15, 0.2) is 48.7 Å². The van der Waals surface area contributed by atoms with E-state index in [0.29, 0.717) is 21.9 Å². The smallest absolute Gasteiger partial charge is 0.267 e. The van der Waals surface area contributed by atoms with E-state index in [4.69, 9.17) is 0 Å². The predicted molar refractivity (Wildman–Crippen MR) is 92.6 cm³/mol. The Balaban J connectivity index is 1.86. The first kappa shape index (κ1) is 14.7. The number of amides is 2. The summed E-state index contributed by atoms with van der Waals surface area (Å²) in [6, 6.07) is 11.2. The molecule has 26 heavy (non-hydrogen) atoms. The van der Waals surface area contributed by atoms with Crippen LogP contribution in [0.5, 0.6) is 0 Å². The lowest BCUT2D eigenvalue weighted by atomic mass is 9.82. The fraction of sp³-hybridized carbons (Fsp3) is 0.0500. The summed E-state index contributed by atoms with van der Waals surface area (Å²) in [5, 5.41) is 0.784. The second-order valence-corrected chi connectivity index (χ2v) is 6.23. The summed E-state index contributed by atoms with van der Waals surface area (Å²) in [6.45, 7) is 0. The average Bonchev–Trinajstić information content (AvgIpc) is 2.65. The van der Waals surface area contributed by atoms with E-state index < -0.39 is 11.8 Å². The molecular weight excluding hydrogens is 332 g/mol. The van der Waals surface area contributed by atoms with E-state index in [1.807, 2.05) is 0 Å². The first-order valence-electron chi connectivity index (χ1n) is 8.04. The maximum atomic E-state index is 13.0.